The van der Waals surface area contributed by atoms with Gasteiger partial charge in [-0.25, -0.2) is 0 Å². The lowest BCUT2D eigenvalue weighted by atomic mass is 10.1. The zero-order valence-electron chi connectivity index (χ0n) is 10.8. The highest BCUT2D eigenvalue weighted by Crippen LogP contribution is 2.24. The number of ether oxygens (including phenoxy) is 1. The van der Waals surface area contributed by atoms with Gasteiger partial charge in [-0.3, -0.25) is 0 Å². The zero-order chi connectivity index (χ0) is 13.0. The van der Waals surface area contributed by atoms with E-state index in [0.29, 0.717) is 6.61 Å². The second kappa shape index (κ2) is 6.20. The van der Waals surface area contributed by atoms with E-state index in [-0.39, 0.29) is 0 Å². The van der Waals surface area contributed by atoms with E-state index >= 15 is 0 Å². The Morgan fingerprint density at radius 3 is 2.50 bits per heavy atom. The van der Waals surface area contributed by atoms with Gasteiger partial charge >= 0.3 is 0 Å². The highest BCUT2D eigenvalue weighted by atomic mass is 32.2. The minimum absolute atomic E-state index is 0.689. The Morgan fingerprint density at radius 1 is 1.17 bits per heavy atom. The van der Waals surface area contributed by atoms with Gasteiger partial charge in [0, 0.05) is 5.75 Å². The fourth-order valence-corrected chi connectivity index (χ4v) is 3.34. The largest absolute Gasteiger partial charge is 0.492 e. The molecule has 0 N–H and O–H groups in total. The van der Waals surface area contributed by atoms with E-state index in [1.807, 2.05) is 6.92 Å². The Labute approximate surface area is 116 Å². The number of rotatable bonds is 5. The number of aromatic nitrogens is 2. The van der Waals surface area contributed by atoms with Crippen molar-refractivity contribution in [3.63, 3.8) is 0 Å². The molecule has 0 amide bonds. The van der Waals surface area contributed by atoms with Crippen molar-refractivity contribution in [3.05, 3.63) is 34.3 Å². The van der Waals surface area contributed by atoms with E-state index < -0.39 is 0 Å². The summed E-state index contributed by atoms with van der Waals surface area (Å²) in [5.41, 5.74) is 2.37. The Bertz CT molecular complexity index is 505. The summed E-state index contributed by atoms with van der Waals surface area (Å²) >= 11 is 3.32. The maximum atomic E-state index is 5.83. The first kappa shape index (κ1) is 13.4. The molecular weight excluding hydrogens is 264 g/mol. The molecule has 3 nitrogen and oxygen atoms in total. The van der Waals surface area contributed by atoms with Crippen LogP contribution in [0.1, 0.15) is 16.1 Å². The number of hydrogen-bond acceptors (Lipinski definition) is 5. The van der Waals surface area contributed by atoms with Gasteiger partial charge in [0.2, 0.25) is 0 Å². The highest BCUT2D eigenvalue weighted by molar-refractivity contribution is 8.01. The van der Waals surface area contributed by atoms with Gasteiger partial charge in [0.05, 0.1) is 6.61 Å². The second-order valence-corrected chi connectivity index (χ2v) is 6.53. The molecule has 1 aromatic carbocycles. The first-order chi connectivity index (χ1) is 8.66. The van der Waals surface area contributed by atoms with Gasteiger partial charge in [-0.15, -0.1) is 10.2 Å². The fraction of sp³-hybridized carbons (Fsp3) is 0.385. The van der Waals surface area contributed by atoms with E-state index in [2.05, 4.69) is 42.2 Å². The van der Waals surface area contributed by atoms with Gasteiger partial charge in [-0.05, 0) is 31.9 Å². The van der Waals surface area contributed by atoms with E-state index in [4.69, 9.17) is 4.74 Å². The van der Waals surface area contributed by atoms with E-state index in [9.17, 15) is 0 Å². The lowest BCUT2D eigenvalue weighted by Gasteiger charge is -2.11. The zero-order valence-corrected chi connectivity index (χ0v) is 12.4. The van der Waals surface area contributed by atoms with Crippen molar-refractivity contribution in [2.75, 3.05) is 12.4 Å². The van der Waals surface area contributed by atoms with Crippen LogP contribution in [0.4, 0.5) is 0 Å². The molecule has 0 fully saturated rings. The van der Waals surface area contributed by atoms with Crippen molar-refractivity contribution >= 4 is 23.1 Å². The quantitative estimate of drug-likeness (QED) is 0.619. The van der Waals surface area contributed by atoms with Crippen LogP contribution in [0.25, 0.3) is 0 Å². The molecule has 0 aliphatic heterocycles. The molecule has 0 radical (unpaired) electrons. The number of hydrogen-bond donors (Lipinski definition) is 0. The van der Waals surface area contributed by atoms with Crippen LogP contribution in [0.3, 0.4) is 0 Å². The van der Waals surface area contributed by atoms with Gasteiger partial charge in [-0.1, -0.05) is 41.3 Å². The first-order valence-electron chi connectivity index (χ1n) is 5.79. The molecule has 0 aliphatic carbocycles. The summed E-state index contributed by atoms with van der Waals surface area (Å²) in [4.78, 5) is 0. The number of thioether (sulfide) groups is 1. The van der Waals surface area contributed by atoms with Crippen LogP contribution in [0.15, 0.2) is 22.5 Å². The van der Waals surface area contributed by atoms with Crippen molar-refractivity contribution in [2.45, 2.75) is 25.1 Å². The third kappa shape index (κ3) is 3.46. The van der Waals surface area contributed by atoms with Crippen LogP contribution in [-0.2, 0) is 0 Å². The molecule has 0 atom stereocenters. The van der Waals surface area contributed by atoms with Crippen molar-refractivity contribution < 1.29 is 4.74 Å². The van der Waals surface area contributed by atoms with Gasteiger partial charge in [-0.2, -0.15) is 0 Å². The van der Waals surface area contributed by atoms with E-state index in [1.165, 1.54) is 11.1 Å². The van der Waals surface area contributed by atoms with Crippen molar-refractivity contribution in [1.82, 2.24) is 10.2 Å². The molecule has 0 saturated carbocycles. The summed E-state index contributed by atoms with van der Waals surface area (Å²) in [5, 5.41) is 9.07. The standard InChI is InChI=1S/C13H16N2OS2/c1-9-5-4-6-10(2)12(9)16-7-8-17-13-15-14-11(3)18-13/h4-6H,7-8H2,1-3H3. The molecule has 2 aromatic rings. The molecule has 2 rings (SSSR count). The summed E-state index contributed by atoms with van der Waals surface area (Å²) < 4.78 is 6.84. The first-order valence-corrected chi connectivity index (χ1v) is 7.59. The van der Waals surface area contributed by atoms with E-state index in [1.54, 1.807) is 23.1 Å². The van der Waals surface area contributed by atoms with Gasteiger partial charge in [0.1, 0.15) is 10.8 Å². The summed E-state index contributed by atoms with van der Waals surface area (Å²) in [5.74, 6) is 1.90. The molecule has 0 spiro atoms. The van der Waals surface area contributed by atoms with Gasteiger partial charge in [0.15, 0.2) is 4.34 Å². The monoisotopic (exact) mass is 280 g/mol. The van der Waals surface area contributed by atoms with Crippen molar-refractivity contribution in [3.8, 4) is 5.75 Å². The minimum atomic E-state index is 0.689. The van der Waals surface area contributed by atoms with Crippen LogP contribution >= 0.6 is 23.1 Å². The SMILES string of the molecule is Cc1nnc(SCCOc2c(C)cccc2C)s1. The Morgan fingerprint density at radius 2 is 1.89 bits per heavy atom. The predicted octanol–water partition coefficient (Wildman–Crippen LogP) is 3.63. The Balaban J connectivity index is 1.82. The molecule has 18 heavy (non-hydrogen) atoms. The number of para-hydroxylation sites is 1. The second-order valence-electron chi connectivity index (χ2n) is 4.00. The molecule has 1 aromatic heterocycles. The maximum absolute atomic E-state index is 5.83. The smallest absolute Gasteiger partial charge is 0.174 e. The number of benzene rings is 1. The molecule has 0 aliphatic rings. The summed E-state index contributed by atoms with van der Waals surface area (Å²) in [6, 6.07) is 6.20. The van der Waals surface area contributed by atoms with Gasteiger partial charge < -0.3 is 4.74 Å². The molecule has 0 unspecified atom stereocenters. The topological polar surface area (TPSA) is 35.0 Å². The van der Waals surface area contributed by atoms with Crippen LogP contribution in [-0.4, -0.2) is 22.6 Å². The predicted molar refractivity (Wildman–Crippen MR) is 76.8 cm³/mol. The highest BCUT2D eigenvalue weighted by Gasteiger charge is 2.04. The van der Waals surface area contributed by atoms with Crippen LogP contribution in [0, 0.1) is 20.8 Å². The summed E-state index contributed by atoms with van der Waals surface area (Å²) in [7, 11) is 0. The molecule has 0 saturated heterocycles. The van der Waals surface area contributed by atoms with E-state index in [0.717, 1.165) is 20.8 Å². The summed E-state index contributed by atoms with van der Waals surface area (Å²) in [6.45, 7) is 6.80. The molecule has 1 heterocycles. The average Bonchev–Trinajstić information content (AvgIpc) is 2.73. The molecule has 96 valence electrons. The lowest BCUT2D eigenvalue weighted by Crippen LogP contribution is -2.02. The fourth-order valence-electron chi connectivity index (χ4n) is 1.64. The Hall–Kier alpha value is -1.07. The third-order valence-electron chi connectivity index (χ3n) is 2.47. The van der Waals surface area contributed by atoms with Crippen LogP contribution in [0.5, 0.6) is 5.75 Å². The minimum Gasteiger partial charge on any atom is -0.492 e. The Kier molecular flexibility index (Phi) is 4.60. The maximum Gasteiger partial charge on any atom is 0.174 e. The van der Waals surface area contributed by atoms with Gasteiger partial charge in [0.25, 0.3) is 0 Å². The van der Waals surface area contributed by atoms with Crippen LogP contribution in [0.2, 0.25) is 0 Å². The molecular formula is C13H16N2OS2. The third-order valence-corrected chi connectivity index (χ3v) is 4.41. The lowest BCUT2D eigenvalue weighted by molar-refractivity contribution is 0.339. The molecule has 5 heteroatoms. The van der Waals surface area contributed by atoms with Crippen LogP contribution < -0.4 is 4.74 Å². The summed E-state index contributed by atoms with van der Waals surface area (Å²) in [6.07, 6.45) is 0. The number of nitrogens with zero attached hydrogens (tertiary/aromatic N) is 2. The normalized spacial score (nSPS) is 10.6. The average molecular weight is 280 g/mol. The number of aryl methyl sites for hydroxylation is 3. The van der Waals surface area contributed by atoms with Crippen molar-refractivity contribution in [1.29, 1.82) is 0 Å². The van der Waals surface area contributed by atoms with Crippen molar-refractivity contribution in [2.24, 2.45) is 0 Å². The molecule has 0 bridgehead atoms.